The molecule has 0 saturated heterocycles. The Morgan fingerprint density at radius 3 is 2.64 bits per heavy atom. The number of methoxy groups -OCH3 is 1. The number of fused-ring (bicyclic) bond motifs is 2. The van der Waals surface area contributed by atoms with Crippen molar-refractivity contribution < 1.29 is 28.2 Å². The number of halogens is 1. The minimum atomic E-state index is -0.479. The van der Waals surface area contributed by atoms with E-state index in [0.29, 0.717) is 55.2 Å². The number of furan rings is 1. The maximum absolute atomic E-state index is 13.7. The van der Waals surface area contributed by atoms with Gasteiger partial charge in [0, 0.05) is 0 Å². The quantitative estimate of drug-likeness (QED) is 0.0998. The molecule has 0 aliphatic heterocycles. The minimum Gasteiger partial charge on any atom is -0.496 e. The SMILES string of the molecule is CCOc1cc(C=Nn2c(-c3cc4c(OC)cccc4o3)nc3ccccc3c2=O)cc(I)c1OCC(=O)OC(C)C. The lowest BCUT2D eigenvalue weighted by Crippen LogP contribution is -2.20. The molecule has 0 atom stereocenters. The van der Waals surface area contributed by atoms with Crippen LogP contribution in [-0.2, 0) is 9.53 Å². The summed E-state index contributed by atoms with van der Waals surface area (Å²) in [6.07, 6.45) is 1.29. The smallest absolute Gasteiger partial charge is 0.344 e. The summed E-state index contributed by atoms with van der Waals surface area (Å²) in [5.74, 6) is 1.59. The predicted octanol–water partition coefficient (Wildman–Crippen LogP) is 6.03. The number of carbonyl (C=O) groups excluding carboxylic acids is 1. The number of aromatic nitrogens is 2. The van der Waals surface area contributed by atoms with Crippen molar-refractivity contribution in [1.29, 1.82) is 0 Å². The van der Waals surface area contributed by atoms with Gasteiger partial charge in [-0.25, -0.2) is 9.78 Å². The van der Waals surface area contributed by atoms with Crippen molar-refractivity contribution in [2.45, 2.75) is 26.9 Å². The Kier molecular flexibility index (Phi) is 8.76. The molecule has 42 heavy (non-hydrogen) atoms. The monoisotopic (exact) mass is 681 g/mol. The highest BCUT2D eigenvalue weighted by atomic mass is 127. The number of para-hydroxylation sites is 1. The van der Waals surface area contributed by atoms with Gasteiger partial charge < -0.3 is 23.4 Å². The third-order valence-corrected chi connectivity index (χ3v) is 6.87. The van der Waals surface area contributed by atoms with E-state index in [2.05, 4.69) is 27.7 Å². The van der Waals surface area contributed by atoms with Gasteiger partial charge in [-0.1, -0.05) is 18.2 Å². The summed E-state index contributed by atoms with van der Waals surface area (Å²) in [5, 5.41) is 5.70. The van der Waals surface area contributed by atoms with Gasteiger partial charge in [-0.3, -0.25) is 4.79 Å². The highest BCUT2D eigenvalue weighted by Gasteiger charge is 2.19. The number of esters is 1. The molecule has 5 rings (SSSR count). The molecule has 0 aliphatic rings. The van der Waals surface area contributed by atoms with E-state index in [4.69, 9.17) is 28.3 Å². The second kappa shape index (κ2) is 12.6. The minimum absolute atomic E-state index is 0.233. The van der Waals surface area contributed by atoms with Crippen LogP contribution < -0.4 is 19.8 Å². The lowest BCUT2D eigenvalue weighted by Gasteiger charge is -2.15. The first-order chi connectivity index (χ1) is 20.3. The van der Waals surface area contributed by atoms with E-state index in [-0.39, 0.29) is 24.1 Å². The van der Waals surface area contributed by atoms with E-state index in [0.717, 1.165) is 5.39 Å². The molecule has 0 amide bonds. The largest absolute Gasteiger partial charge is 0.496 e. The first kappa shape index (κ1) is 29.1. The molecule has 0 saturated carbocycles. The van der Waals surface area contributed by atoms with Crippen LogP contribution in [0.2, 0.25) is 0 Å². The lowest BCUT2D eigenvalue weighted by molar-refractivity contribution is -0.149. The highest BCUT2D eigenvalue weighted by molar-refractivity contribution is 14.1. The van der Waals surface area contributed by atoms with Crippen molar-refractivity contribution in [3.05, 3.63) is 80.2 Å². The van der Waals surface area contributed by atoms with Crippen LogP contribution in [0.4, 0.5) is 0 Å². The van der Waals surface area contributed by atoms with Gasteiger partial charge in [0.2, 0.25) is 5.82 Å². The van der Waals surface area contributed by atoms with Crippen molar-refractivity contribution in [3.8, 4) is 28.8 Å². The van der Waals surface area contributed by atoms with Gasteiger partial charge in [-0.15, -0.1) is 0 Å². The Bertz CT molecular complexity index is 1860. The van der Waals surface area contributed by atoms with Crippen LogP contribution >= 0.6 is 22.6 Å². The number of benzene rings is 3. The Balaban J connectivity index is 1.57. The zero-order valence-corrected chi connectivity index (χ0v) is 25.6. The maximum atomic E-state index is 13.7. The van der Waals surface area contributed by atoms with Crippen LogP contribution in [0.3, 0.4) is 0 Å². The average Bonchev–Trinajstić information content (AvgIpc) is 3.40. The number of hydrogen-bond acceptors (Lipinski definition) is 9. The second-order valence-corrected chi connectivity index (χ2v) is 10.5. The summed E-state index contributed by atoms with van der Waals surface area (Å²) in [7, 11) is 1.58. The van der Waals surface area contributed by atoms with Crippen LogP contribution in [0.25, 0.3) is 33.5 Å². The summed E-state index contributed by atoms with van der Waals surface area (Å²) >= 11 is 2.10. The summed E-state index contributed by atoms with van der Waals surface area (Å²) in [4.78, 5) is 30.4. The zero-order valence-electron chi connectivity index (χ0n) is 23.4. The molecule has 5 aromatic rings. The molecule has 3 aromatic carbocycles. The molecule has 0 fully saturated rings. The Labute approximate surface area is 255 Å². The Hall–Kier alpha value is -4.39. The van der Waals surface area contributed by atoms with Crippen molar-refractivity contribution in [2.75, 3.05) is 20.3 Å². The highest BCUT2D eigenvalue weighted by Crippen LogP contribution is 2.35. The van der Waals surface area contributed by atoms with Crippen LogP contribution in [0.5, 0.6) is 17.2 Å². The second-order valence-electron chi connectivity index (χ2n) is 9.39. The van der Waals surface area contributed by atoms with Gasteiger partial charge >= 0.3 is 5.97 Å². The van der Waals surface area contributed by atoms with Crippen molar-refractivity contribution >= 4 is 56.6 Å². The molecule has 2 aromatic heterocycles. The van der Waals surface area contributed by atoms with E-state index < -0.39 is 5.97 Å². The summed E-state index contributed by atoms with van der Waals surface area (Å²) in [6.45, 7) is 5.50. The fourth-order valence-corrected chi connectivity index (χ4v) is 5.11. The molecule has 0 N–H and O–H groups in total. The number of carbonyl (C=O) groups is 1. The topological polar surface area (TPSA) is 114 Å². The van der Waals surface area contributed by atoms with Crippen LogP contribution in [0, 0.1) is 3.57 Å². The Morgan fingerprint density at radius 2 is 1.88 bits per heavy atom. The van der Waals surface area contributed by atoms with Crippen molar-refractivity contribution in [1.82, 2.24) is 9.66 Å². The normalized spacial score (nSPS) is 11.5. The summed E-state index contributed by atoms with van der Waals surface area (Å²) < 4.78 is 30.2. The van der Waals surface area contributed by atoms with Crippen LogP contribution in [-0.4, -0.2) is 48.3 Å². The fourth-order valence-electron chi connectivity index (χ4n) is 4.33. The van der Waals surface area contributed by atoms with E-state index in [1.807, 2.05) is 31.2 Å². The molecule has 10 nitrogen and oxygen atoms in total. The summed E-state index contributed by atoms with van der Waals surface area (Å²) in [5.41, 5.74) is 1.38. The fraction of sp³-hybridized carbons (Fsp3) is 0.226. The predicted molar refractivity (Wildman–Crippen MR) is 168 cm³/mol. The van der Waals surface area contributed by atoms with Gasteiger partial charge in [-0.05, 0) is 91.4 Å². The molecule has 0 unspecified atom stereocenters. The summed E-state index contributed by atoms with van der Waals surface area (Å²) in [6, 6.07) is 17.9. The molecule has 11 heteroatoms. The number of hydrogen-bond donors (Lipinski definition) is 0. The van der Waals surface area contributed by atoms with Gasteiger partial charge in [0.05, 0.1) is 45.9 Å². The third-order valence-electron chi connectivity index (χ3n) is 6.07. The first-order valence-corrected chi connectivity index (χ1v) is 14.3. The average molecular weight is 681 g/mol. The third kappa shape index (κ3) is 6.10. The maximum Gasteiger partial charge on any atom is 0.344 e. The van der Waals surface area contributed by atoms with E-state index in [1.54, 1.807) is 57.4 Å². The van der Waals surface area contributed by atoms with E-state index in [1.165, 1.54) is 10.9 Å². The Morgan fingerprint density at radius 1 is 1.07 bits per heavy atom. The van der Waals surface area contributed by atoms with E-state index in [9.17, 15) is 9.59 Å². The number of nitrogens with zero attached hydrogens (tertiary/aromatic N) is 3. The standard InChI is InChI=1S/C31H28IN3O7/c1-5-39-26-14-19(13-22(32)29(26)40-17-28(36)41-18(2)3)16-33-35-30(34-23-10-7-6-9-20(23)31(35)37)27-15-21-24(38-4)11-8-12-25(21)42-27/h6-16,18H,5,17H2,1-4H3. The molecule has 216 valence electrons. The van der Waals surface area contributed by atoms with Gasteiger partial charge in [0.25, 0.3) is 5.56 Å². The van der Waals surface area contributed by atoms with E-state index >= 15 is 0 Å². The van der Waals surface area contributed by atoms with Crippen LogP contribution in [0.1, 0.15) is 26.3 Å². The van der Waals surface area contributed by atoms with Crippen molar-refractivity contribution in [3.63, 3.8) is 0 Å². The molecular formula is C31H28IN3O7. The van der Waals surface area contributed by atoms with Crippen LogP contribution in [0.15, 0.2) is 75.0 Å². The molecule has 0 aliphatic carbocycles. The van der Waals surface area contributed by atoms with Gasteiger partial charge in [0.1, 0.15) is 11.3 Å². The number of ether oxygens (including phenoxy) is 4. The zero-order chi connectivity index (χ0) is 29.8. The first-order valence-electron chi connectivity index (χ1n) is 13.2. The molecule has 0 spiro atoms. The van der Waals surface area contributed by atoms with Crippen molar-refractivity contribution in [2.24, 2.45) is 5.10 Å². The number of rotatable bonds is 10. The molecule has 2 heterocycles. The molecular weight excluding hydrogens is 653 g/mol. The van der Waals surface area contributed by atoms with Gasteiger partial charge in [-0.2, -0.15) is 9.78 Å². The van der Waals surface area contributed by atoms with Gasteiger partial charge in [0.15, 0.2) is 23.9 Å². The molecule has 0 bridgehead atoms. The molecule has 0 radical (unpaired) electrons. The lowest BCUT2D eigenvalue weighted by atomic mass is 10.2.